The predicted molar refractivity (Wildman–Crippen MR) is 64.4 cm³/mol. The molecule has 0 heteroatoms. The maximum Gasteiger partial charge on any atom is -0.0264 e. The molecule has 0 heterocycles. The van der Waals surface area contributed by atoms with E-state index in [2.05, 4.69) is 34.6 Å². The molecule has 3 unspecified atom stereocenters. The van der Waals surface area contributed by atoms with E-state index in [0.717, 1.165) is 5.92 Å². The first-order chi connectivity index (χ1) is 6.47. The van der Waals surface area contributed by atoms with Gasteiger partial charge in [0.1, 0.15) is 0 Å². The Kier molecular flexibility index (Phi) is 3.66. The Bertz CT molecular complexity index is 184. The standard InChI is InChI=1S/C14H28/c1-6-8-12(3)10-14(5)11-13(14,4)9-7-2/h12H,6-11H2,1-5H3. The highest BCUT2D eigenvalue weighted by Gasteiger charge is 2.59. The van der Waals surface area contributed by atoms with Crippen LogP contribution in [-0.2, 0) is 0 Å². The minimum Gasteiger partial charge on any atom is -0.0654 e. The maximum absolute atomic E-state index is 2.51. The lowest BCUT2D eigenvalue weighted by molar-refractivity contribution is 0.288. The lowest BCUT2D eigenvalue weighted by atomic mass is 9.84. The molecule has 84 valence electrons. The Hall–Kier alpha value is 0. The molecule has 1 fully saturated rings. The minimum atomic E-state index is 0.678. The molecule has 0 N–H and O–H groups in total. The van der Waals surface area contributed by atoms with Gasteiger partial charge in [-0.3, -0.25) is 0 Å². The van der Waals surface area contributed by atoms with Gasteiger partial charge in [0.05, 0.1) is 0 Å². The molecule has 1 aliphatic carbocycles. The van der Waals surface area contributed by atoms with Crippen LogP contribution in [0.2, 0.25) is 0 Å². The van der Waals surface area contributed by atoms with E-state index in [0.29, 0.717) is 10.8 Å². The van der Waals surface area contributed by atoms with E-state index in [1.165, 1.54) is 38.5 Å². The molecule has 1 saturated carbocycles. The van der Waals surface area contributed by atoms with Crippen molar-refractivity contribution in [1.29, 1.82) is 0 Å². The summed E-state index contributed by atoms with van der Waals surface area (Å²) in [5, 5.41) is 0. The van der Waals surface area contributed by atoms with Crippen molar-refractivity contribution in [3.63, 3.8) is 0 Å². The molecule has 1 aliphatic rings. The van der Waals surface area contributed by atoms with Crippen molar-refractivity contribution in [2.75, 3.05) is 0 Å². The zero-order chi connectivity index (χ0) is 10.8. The van der Waals surface area contributed by atoms with E-state index < -0.39 is 0 Å². The zero-order valence-corrected chi connectivity index (χ0v) is 10.8. The van der Waals surface area contributed by atoms with Crippen LogP contribution in [0.15, 0.2) is 0 Å². The average Bonchev–Trinajstić information content (AvgIpc) is 2.53. The van der Waals surface area contributed by atoms with E-state index in [1.807, 2.05) is 0 Å². The minimum absolute atomic E-state index is 0.678. The maximum atomic E-state index is 2.51. The number of hydrogen-bond donors (Lipinski definition) is 0. The van der Waals surface area contributed by atoms with E-state index in [-0.39, 0.29) is 0 Å². The summed E-state index contributed by atoms with van der Waals surface area (Å²) in [7, 11) is 0. The van der Waals surface area contributed by atoms with Crippen LogP contribution in [0.4, 0.5) is 0 Å². The van der Waals surface area contributed by atoms with Gasteiger partial charge in [0.2, 0.25) is 0 Å². The van der Waals surface area contributed by atoms with Gasteiger partial charge in [-0.15, -0.1) is 0 Å². The topological polar surface area (TPSA) is 0 Å². The Morgan fingerprint density at radius 1 is 1.07 bits per heavy atom. The Labute approximate surface area is 90.5 Å². The summed E-state index contributed by atoms with van der Waals surface area (Å²) in [6.45, 7) is 12.1. The van der Waals surface area contributed by atoms with Crippen molar-refractivity contribution >= 4 is 0 Å². The van der Waals surface area contributed by atoms with Gasteiger partial charge >= 0.3 is 0 Å². The fourth-order valence-electron chi connectivity index (χ4n) is 3.44. The van der Waals surface area contributed by atoms with Gasteiger partial charge < -0.3 is 0 Å². The molecule has 0 spiro atoms. The molecular weight excluding hydrogens is 168 g/mol. The van der Waals surface area contributed by atoms with Crippen LogP contribution >= 0.6 is 0 Å². The summed E-state index contributed by atoms with van der Waals surface area (Å²) >= 11 is 0. The molecule has 0 radical (unpaired) electrons. The van der Waals surface area contributed by atoms with Gasteiger partial charge in [0.15, 0.2) is 0 Å². The van der Waals surface area contributed by atoms with Crippen molar-refractivity contribution in [3.8, 4) is 0 Å². The van der Waals surface area contributed by atoms with Crippen LogP contribution in [0, 0.1) is 16.7 Å². The third-order valence-corrected chi connectivity index (χ3v) is 4.49. The number of rotatable bonds is 6. The van der Waals surface area contributed by atoms with Crippen LogP contribution in [0.3, 0.4) is 0 Å². The van der Waals surface area contributed by atoms with Crippen LogP contribution in [0.25, 0.3) is 0 Å². The third-order valence-electron chi connectivity index (χ3n) is 4.49. The fraction of sp³-hybridized carbons (Fsp3) is 1.00. The Morgan fingerprint density at radius 2 is 1.71 bits per heavy atom. The summed E-state index contributed by atoms with van der Waals surface area (Å²) in [5.41, 5.74) is 1.36. The van der Waals surface area contributed by atoms with Crippen molar-refractivity contribution < 1.29 is 0 Å². The van der Waals surface area contributed by atoms with Gasteiger partial charge in [0, 0.05) is 0 Å². The lowest BCUT2D eigenvalue weighted by Gasteiger charge is -2.22. The molecule has 0 bridgehead atoms. The molecule has 0 saturated heterocycles. The summed E-state index contributed by atoms with van der Waals surface area (Å²) in [6.07, 6.45) is 8.48. The molecule has 0 aliphatic heterocycles. The van der Waals surface area contributed by atoms with Crippen molar-refractivity contribution in [2.45, 2.75) is 73.1 Å². The average molecular weight is 196 g/mol. The smallest absolute Gasteiger partial charge is 0.0264 e. The summed E-state index contributed by atoms with van der Waals surface area (Å²) in [6, 6.07) is 0. The van der Waals surface area contributed by atoms with E-state index in [4.69, 9.17) is 0 Å². The molecule has 14 heavy (non-hydrogen) atoms. The van der Waals surface area contributed by atoms with Crippen LogP contribution in [0.1, 0.15) is 73.1 Å². The highest BCUT2D eigenvalue weighted by Crippen LogP contribution is 2.68. The molecule has 3 atom stereocenters. The molecule has 1 rings (SSSR count). The summed E-state index contributed by atoms with van der Waals surface area (Å²) in [4.78, 5) is 0. The molecule has 0 aromatic rings. The second kappa shape index (κ2) is 4.24. The monoisotopic (exact) mass is 196 g/mol. The van der Waals surface area contributed by atoms with Gasteiger partial charge in [-0.25, -0.2) is 0 Å². The second-order valence-electron chi connectivity index (χ2n) is 6.15. The van der Waals surface area contributed by atoms with Crippen molar-refractivity contribution in [1.82, 2.24) is 0 Å². The Morgan fingerprint density at radius 3 is 2.21 bits per heavy atom. The van der Waals surface area contributed by atoms with Gasteiger partial charge in [-0.1, -0.05) is 53.9 Å². The Balaban J connectivity index is 2.39. The SMILES string of the molecule is CCCC(C)CC1(C)CC1(C)CCC. The van der Waals surface area contributed by atoms with Gasteiger partial charge in [0.25, 0.3) is 0 Å². The molecule has 0 nitrogen and oxygen atoms in total. The van der Waals surface area contributed by atoms with Crippen LogP contribution in [0.5, 0.6) is 0 Å². The third kappa shape index (κ3) is 2.32. The van der Waals surface area contributed by atoms with Gasteiger partial charge in [-0.05, 0) is 36.0 Å². The molecule has 0 aromatic carbocycles. The summed E-state index contributed by atoms with van der Waals surface area (Å²) < 4.78 is 0. The first-order valence-corrected chi connectivity index (χ1v) is 6.47. The largest absolute Gasteiger partial charge is 0.0654 e. The van der Waals surface area contributed by atoms with Gasteiger partial charge in [-0.2, -0.15) is 0 Å². The normalized spacial score (nSPS) is 38.4. The predicted octanol–water partition coefficient (Wildman–Crippen LogP) is 5.03. The van der Waals surface area contributed by atoms with E-state index in [1.54, 1.807) is 0 Å². The summed E-state index contributed by atoms with van der Waals surface area (Å²) in [5.74, 6) is 0.934. The number of hydrogen-bond acceptors (Lipinski definition) is 0. The fourth-order valence-corrected chi connectivity index (χ4v) is 3.44. The first-order valence-electron chi connectivity index (χ1n) is 6.47. The second-order valence-corrected chi connectivity index (χ2v) is 6.15. The molecule has 0 aromatic heterocycles. The molecular formula is C14H28. The lowest BCUT2D eigenvalue weighted by Crippen LogP contribution is -2.11. The first kappa shape index (κ1) is 12.1. The van der Waals surface area contributed by atoms with E-state index in [9.17, 15) is 0 Å². The van der Waals surface area contributed by atoms with E-state index >= 15 is 0 Å². The quantitative estimate of drug-likeness (QED) is 0.559. The van der Waals surface area contributed by atoms with Crippen LogP contribution < -0.4 is 0 Å². The van der Waals surface area contributed by atoms with Crippen molar-refractivity contribution in [2.24, 2.45) is 16.7 Å². The highest BCUT2D eigenvalue weighted by molar-refractivity contribution is 5.09. The highest BCUT2D eigenvalue weighted by atomic mass is 14.6. The molecule has 0 amide bonds. The van der Waals surface area contributed by atoms with Crippen molar-refractivity contribution in [3.05, 3.63) is 0 Å². The zero-order valence-electron chi connectivity index (χ0n) is 10.8. The van der Waals surface area contributed by atoms with Crippen LogP contribution in [-0.4, -0.2) is 0 Å².